The van der Waals surface area contributed by atoms with Gasteiger partial charge in [-0.3, -0.25) is 9.78 Å². The first-order valence-corrected chi connectivity index (χ1v) is 8.17. The van der Waals surface area contributed by atoms with Crippen LogP contribution in [0.25, 0.3) is 10.9 Å². The molecule has 1 amide bonds. The minimum atomic E-state index is -4.42. The third-order valence-electron chi connectivity index (χ3n) is 4.17. The lowest BCUT2D eigenvalue weighted by Crippen LogP contribution is -2.24. The number of halogens is 3. The zero-order chi connectivity index (χ0) is 19.6. The van der Waals surface area contributed by atoms with Crippen molar-refractivity contribution in [2.24, 2.45) is 0 Å². The highest BCUT2D eigenvalue weighted by atomic mass is 19.4. The predicted molar refractivity (Wildman–Crippen MR) is 95.6 cm³/mol. The van der Waals surface area contributed by atoms with Gasteiger partial charge in [0.1, 0.15) is 5.75 Å². The fourth-order valence-electron chi connectivity index (χ4n) is 2.74. The van der Waals surface area contributed by atoms with Gasteiger partial charge in [-0.15, -0.1) is 0 Å². The largest absolute Gasteiger partial charge is 0.497 e. The molecule has 0 radical (unpaired) electrons. The van der Waals surface area contributed by atoms with Crippen molar-refractivity contribution in [3.63, 3.8) is 0 Å². The molecule has 0 aliphatic carbocycles. The summed E-state index contributed by atoms with van der Waals surface area (Å²) in [6, 6.07) is 11.9. The van der Waals surface area contributed by atoms with E-state index in [0.29, 0.717) is 28.1 Å². The molecule has 0 saturated carbocycles. The highest BCUT2D eigenvalue weighted by Gasteiger charge is 2.30. The second kappa shape index (κ2) is 7.26. The zero-order valence-corrected chi connectivity index (χ0v) is 14.7. The molecule has 3 rings (SSSR count). The number of amides is 1. The molecule has 7 heteroatoms. The van der Waals surface area contributed by atoms with E-state index in [2.05, 4.69) is 10.3 Å². The predicted octanol–water partition coefficient (Wildman–Crippen LogP) is 4.50. The van der Waals surface area contributed by atoms with Crippen LogP contribution in [-0.2, 0) is 12.7 Å². The molecule has 0 aliphatic rings. The van der Waals surface area contributed by atoms with Crippen LogP contribution in [0.15, 0.2) is 48.5 Å². The summed E-state index contributed by atoms with van der Waals surface area (Å²) in [5.74, 6) is 0.270. The van der Waals surface area contributed by atoms with Gasteiger partial charge in [-0.25, -0.2) is 0 Å². The number of benzene rings is 2. The van der Waals surface area contributed by atoms with E-state index in [1.165, 1.54) is 12.1 Å². The van der Waals surface area contributed by atoms with Gasteiger partial charge in [0.25, 0.3) is 5.91 Å². The van der Waals surface area contributed by atoms with Crippen molar-refractivity contribution in [1.29, 1.82) is 0 Å². The number of alkyl halides is 3. The second-order valence-electron chi connectivity index (χ2n) is 6.06. The second-order valence-corrected chi connectivity index (χ2v) is 6.06. The number of nitrogens with zero attached hydrogens (tertiary/aromatic N) is 1. The Morgan fingerprint density at radius 3 is 2.63 bits per heavy atom. The molecule has 0 spiro atoms. The van der Waals surface area contributed by atoms with Gasteiger partial charge < -0.3 is 10.1 Å². The third-order valence-corrected chi connectivity index (χ3v) is 4.17. The van der Waals surface area contributed by atoms with Gasteiger partial charge in [0.05, 0.1) is 29.4 Å². The van der Waals surface area contributed by atoms with Gasteiger partial charge in [-0.05, 0) is 42.8 Å². The summed E-state index contributed by atoms with van der Waals surface area (Å²) in [5.41, 5.74) is 1.22. The number of nitrogens with one attached hydrogen (secondary N) is 1. The van der Waals surface area contributed by atoms with Crippen molar-refractivity contribution in [3.8, 4) is 5.75 Å². The smallest absolute Gasteiger partial charge is 0.416 e. The number of carbonyl (C=O) groups excluding carboxylic acids is 1. The summed E-state index contributed by atoms with van der Waals surface area (Å²) < 4.78 is 43.5. The van der Waals surface area contributed by atoms with Crippen molar-refractivity contribution in [1.82, 2.24) is 10.3 Å². The third kappa shape index (κ3) is 4.19. The number of pyridine rings is 1. The van der Waals surface area contributed by atoms with Crippen molar-refractivity contribution in [3.05, 3.63) is 70.9 Å². The molecule has 0 aliphatic heterocycles. The Kier molecular flexibility index (Phi) is 5.03. The van der Waals surface area contributed by atoms with Crippen molar-refractivity contribution < 1.29 is 22.7 Å². The van der Waals surface area contributed by atoms with E-state index in [1.807, 2.05) is 0 Å². The molecule has 0 atom stereocenters. The first kappa shape index (κ1) is 18.7. The standard InChI is InChI=1S/C20H17F3N2O2/c1-12-17(9-14-6-7-16(27-2)10-18(14)25-12)19(26)24-11-13-4-3-5-15(8-13)20(21,22)23/h3-10H,11H2,1-2H3,(H,24,26). The zero-order valence-electron chi connectivity index (χ0n) is 14.7. The monoisotopic (exact) mass is 374 g/mol. The molecule has 4 nitrogen and oxygen atoms in total. The van der Waals surface area contributed by atoms with Crippen LogP contribution in [0.5, 0.6) is 5.75 Å². The van der Waals surface area contributed by atoms with E-state index in [4.69, 9.17) is 4.74 Å². The Morgan fingerprint density at radius 2 is 1.93 bits per heavy atom. The van der Waals surface area contributed by atoms with Crippen LogP contribution in [0, 0.1) is 6.92 Å². The Balaban J connectivity index is 1.79. The van der Waals surface area contributed by atoms with Crippen LogP contribution < -0.4 is 10.1 Å². The lowest BCUT2D eigenvalue weighted by Gasteiger charge is -2.11. The Labute approximate surface area is 154 Å². The number of carbonyl (C=O) groups is 1. The van der Waals surface area contributed by atoms with E-state index in [0.717, 1.165) is 17.5 Å². The summed E-state index contributed by atoms with van der Waals surface area (Å²) in [6.45, 7) is 1.70. The summed E-state index contributed by atoms with van der Waals surface area (Å²) >= 11 is 0. The normalized spacial score (nSPS) is 11.4. The maximum atomic E-state index is 12.8. The van der Waals surface area contributed by atoms with Crippen molar-refractivity contribution in [2.75, 3.05) is 7.11 Å². The Hall–Kier alpha value is -3.09. The van der Waals surface area contributed by atoms with E-state index in [-0.39, 0.29) is 6.54 Å². The molecular weight excluding hydrogens is 357 g/mol. The molecular formula is C20H17F3N2O2. The number of hydrogen-bond acceptors (Lipinski definition) is 3. The molecule has 27 heavy (non-hydrogen) atoms. The van der Waals surface area contributed by atoms with E-state index < -0.39 is 17.6 Å². The highest BCUT2D eigenvalue weighted by Crippen LogP contribution is 2.29. The minimum absolute atomic E-state index is 0.0111. The van der Waals surface area contributed by atoms with Crippen molar-refractivity contribution in [2.45, 2.75) is 19.6 Å². The SMILES string of the molecule is COc1ccc2cc(C(=O)NCc3cccc(C(F)(F)F)c3)c(C)nc2c1. The van der Waals surface area contributed by atoms with Crippen molar-refractivity contribution >= 4 is 16.8 Å². The molecule has 1 N–H and O–H groups in total. The fourth-order valence-corrected chi connectivity index (χ4v) is 2.74. The quantitative estimate of drug-likeness (QED) is 0.732. The molecule has 0 saturated heterocycles. The van der Waals surface area contributed by atoms with Gasteiger partial charge in [0.2, 0.25) is 0 Å². The highest BCUT2D eigenvalue weighted by molar-refractivity contribution is 5.98. The lowest BCUT2D eigenvalue weighted by atomic mass is 10.1. The molecule has 3 aromatic rings. The molecule has 1 aromatic heterocycles. The first-order valence-electron chi connectivity index (χ1n) is 8.17. The molecule has 0 unspecified atom stereocenters. The number of fused-ring (bicyclic) bond motifs is 1. The van der Waals surface area contributed by atoms with Gasteiger partial charge in [-0.2, -0.15) is 13.2 Å². The summed E-state index contributed by atoms with van der Waals surface area (Å²) in [6.07, 6.45) is -4.42. The Morgan fingerprint density at radius 1 is 1.15 bits per heavy atom. The average Bonchev–Trinajstić information content (AvgIpc) is 2.64. The van der Waals surface area contributed by atoms with Crippen LogP contribution in [0.1, 0.15) is 27.2 Å². The van der Waals surface area contributed by atoms with E-state index in [9.17, 15) is 18.0 Å². The van der Waals surface area contributed by atoms with Crippen LogP contribution in [0.2, 0.25) is 0 Å². The van der Waals surface area contributed by atoms with Crippen LogP contribution in [-0.4, -0.2) is 18.0 Å². The molecule has 0 fully saturated rings. The fraction of sp³-hybridized carbons (Fsp3) is 0.200. The van der Waals surface area contributed by atoms with Crippen LogP contribution >= 0.6 is 0 Å². The van der Waals surface area contributed by atoms with Crippen LogP contribution in [0.4, 0.5) is 13.2 Å². The number of methoxy groups -OCH3 is 1. The molecule has 1 heterocycles. The number of aromatic nitrogens is 1. The maximum absolute atomic E-state index is 12.8. The van der Waals surface area contributed by atoms with Gasteiger partial charge in [0.15, 0.2) is 0 Å². The number of ether oxygens (including phenoxy) is 1. The average molecular weight is 374 g/mol. The summed E-state index contributed by atoms with van der Waals surface area (Å²) in [4.78, 5) is 16.9. The first-order chi connectivity index (χ1) is 12.8. The minimum Gasteiger partial charge on any atom is -0.497 e. The molecule has 0 bridgehead atoms. The van der Waals surface area contributed by atoms with E-state index in [1.54, 1.807) is 38.3 Å². The van der Waals surface area contributed by atoms with Crippen LogP contribution in [0.3, 0.4) is 0 Å². The maximum Gasteiger partial charge on any atom is 0.416 e. The Bertz CT molecular complexity index is 1000. The van der Waals surface area contributed by atoms with E-state index >= 15 is 0 Å². The number of hydrogen-bond donors (Lipinski definition) is 1. The topological polar surface area (TPSA) is 51.2 Å². The number of aryl methyl sites for hydroxylation is 1. The van der Waals surface area contributed by atoms with Gasteiger partial charge >= 0.3 is 6.18 Å². The lowest BCUT2D eigenvalue weighted by molar-refractivity contribution is -0.137. The van der Waals surface area contributed by atoms with Gasteiger partial charge in [0, 0.05) is 18.0 Å². The molecule has 2 aromatic carbocycles. The summed E-state index contributed by atoms with van der Waals surface area (Å²) in [5, 5.41) is 3.42. The molecule has 140 valence electrons. The van der Waals surface area contributed by atoms with Gasteiger partial charge in [-0.1, -0.05) is 12.1 Å². The number of rotatable bonds is 4. The summed E-state index contributed by atoms with van der Waals surface area (Å²) in [7, 11) is 1.56.